The van der Waals surface area contributed by atoms with Gasteiger partial charge >= 0.3 is 0 Å². The van der Waals surface area contributed by atoms with Gasteiger partial charge in [-0.05, 0) is 37.6 Å². The summed E-state index contributed by atoms with van der Waals surface area (Å²) in [6.07, 6.45) is 3.35. The lowest BCUT2D eigenvalue weighted by Gasteiger charge is -2.21. The molecule has 112 valence electrons. The van der Waals surface area contributed by atoms with Crippen LogP contribution in [0.3, 0.4) is 0 Å². The Labute approximate surface area is 122 Å². The normalized spacial score (nSPS) is 12.4. The van der Waals surface area contributed by atoms with Gasteiger partial charge < -0.3 is 5.32 Å². The van der Waals surface area contributed by atoms with Crippen molar-refractivity contribution in [3.05, 3.63) is 64.7 Å². The summed E-state index contributed by atoms with van der Waals surface area (Å²) in [6.45, 7) is 4.10. The van der Waals surface area contributed by atoms with Gasteiger partial charge in [0.15, 0.2) is 0 Å². The maximum atomic E-state index is 14.1. The van der Waals surface area contributed by atoms with Crippen molar-refractivity contribution in [2.75, 3.05) is 6.54 Å². The topological polar surface area (TPSA) is 24.9 Å². The molecule has 1 unspecified atom stereocenters. The molecular weight excluding hydrogens is 277 g/mol. The van der Waals surface area contributed by atoms with Crippen LogP contribution in [0.4, 0.5) is 13.2 Å². The molecule has 2 aromatic rings. The molecule has 2 rings (SSSR count). The molecule has 0 spiro atoms. The zero-order valence-corrected chi connectivity index (χ0v) is 12.0. The molecule has 1 aromatic carbocycles. The summed E-state index contributed by atoms with van der Waals surface area (Å²) in [5, 5.41) is 3.10. The van der Waals surface area contributed by atoms with E-state index in [1.54, 1.807) is 6.92 Å². The quantitative estimate of drug-likeness (QED) is 0.904. The highest BCUT2D eigenvalue weighted by Crippen LogP contribution is 2.28. The Balaban J connectivity index is 2.51. The summed E-state index contributed by atoms with van der Waals surface area (Å²) in [7, 11) is 0. The summed E-state index contributed by atoms with van der Waals surface area (Å²) >= 11 is 0. The van der Waals surface area contributed by atoms with Crippen LogP contribution in [0.2, 0.25) is 0 Å². The smallest absolute Gasteiger partial charge is 0.146 e. The first kappa shape index (κ1) is 15.5. The molecule has 0 saturated carbocycles. The Bertz CT molecular complexity index is 629. The Morgan fingerprint density at radius 3 is 2.52 bits per heavy atom. The average Bonchev–Trinajstić information content (AvgIpc) is 2.46. The van der Waals surface area contributed by atoms with Gasteiger partial charge in [-0.1, -0.05) is 6.92 Å². The minimum Gasteiger partial charge on any atom is -0.306 e. The molecule has 0 aliphatic carbocycles. The van der Waals surface area contributed by atoms with Crippen molar-refractivity contribution < 1.29 is 13.2 Å². The maximum absolute atomic E-state index is 14.1. The van der Waals surface area contributed by atoms with E-state index in [-0.39, 0.29) is 5.56 Å². The third-order valence-corrected chi connectivity index (χ3v) is 3.30. The van der Waals surface area contributed by atoms with Gasteiger partial charge in [-0.3, -0.25) is 4.98 Å². The predicted molar refractivity (Wildman–Crippen MR) is 75.4 cm³/mol. The molecule has 5 heteroatoms. The van der Waals surface area contributed by atoms with Crippen molar-refractivity contribution in [2.45, 2.75) is 26.3 Å². The third kappa shape index (κ3) is 3.42. The van der Waals surface area contributed by atoms with E-state index in [4.69, 9.17) is 0 Å². The first-order chi connectivity index (χ1) is 10.0. The van der Waals surface area contributed by atoms with Gasteiger partial charge in [0.1, 0.15) is 17.5 Å². The SMILES string of the molecule is CCCNC(c1ccncc1F)c1cc(C)c(F)cc1F. The number of hydrogen-bond donors (Lipinski definition) is 1. The number of aryl methyl sites for hydroxylation is 1. The lowest BCUT2D eigenvalue weighted by molar-refractivity contribution is 0.510. The molecule has 1 N–H and O–H groups in total. The van der Waals surface area contributed by atoms with E-state index in [0.717, 1.165) is 18.7 Å². The maximum Gasteiger partial charge on any atom is 0.146 e. The number of benzene rings is 1. The monoisotopic (exact) mass is 294 g/mol. The minimum atomic E-state index is -0.692. The molecule has 1 aromatic heterocycles. The zero-order chi connectivity index (χ0) is 15.4. The van der Waals surface area contributed by atoms with E-state index in [2.05, 4.69) is 10.3 Å². The number of halogens is 3. The first-order valence-electron chi connectivity index (χ1n) is 6.83. The zero-order valence-electron chi connectivity index (χ0n) is 12.0. The summed E-state index contributed by atoms with van der Waals surface area (Å²) in [5.41, 5.74) is 0.847. The van der Waals surface area contributed by atoms with Crippen LogP contribution < -0.4 is 5.32 Å². The lowest BCUT2D eigenvalue weighted by Crippen LogP contribution is -2.25. The summed E-state index contributed by atoms with van der Waals surface area (Å²) in [6, 6.07) is 3.08. The molecule has 0 aliphatic heterocycles. The van der Waals surface area contributed by atoms with Crippen LogP contribution in [-0.4, -0.2) is 11.5 Å². The fraction of sp³-hybridized carbons (Fsp3) is 0.312. The standard InChI is InChI=1S/C16H17F3N2/c1-3-5-21-16(11-4-6-20-9-15(11)19)12-7-10(2)13(17)8-14(12)18/h4,6-9,16,21H,3,5H2,1-2H3. The highest BCUT2D eigenvalue weighted by molar-refractivity contribution is 5.35. The van der Waals surface area contributed by atoms with E-state index < -0.39 is 23.5 Å². The van der Waals surface area contributed by atoms with Crippen LogP contribution in [-0.2, 0) is 0 Å². The summed E-state index contributed by atoms with van der Waals surface area (Å²) in [4.78, 5) is 3.70. The van der Waals surface area contributed by atoms with Gasteiger partial charge in [-0.2, -0.15) is 0 Å². The Morgan fingerprint density at radius 1 is 1.10 bits per heavy atom. The van der Waals surface area contributed by atoms with Crippen LogP contribution in [0.15, 0.2) is 30.6 Å². The van der Waals surface area contributed by atoms with Gasteiger partial charge in [0.05, 0.1) is 12.2 Å². The van der Waals surface area contributed by atoms with Gasteiger partial charge in [0.25, 0.3) is 0 Å². The van der Waals surface area contributed by atoms with Crippen molar-refractivity contribution in [3.63, 3.8) is 0 Å². The van der Waals surface area contributed by atoms with Gasteiger partial charge in [0, 0.05) is 23.4 Å². The van der Waals surface area contributed by atoms with Crippen LogP contribution >= 0.6 is 0 Å². The van der Waals surface area contributed by atoms with Gasteiger partial charge in [-0.25, -0.2) is 13.2 Å². The molecule has 1 heterocycles. The highest BCUT2D eigenvalue weighted by Gasteiger charge is 2.21. The predicted octanol–water partition coefficient (Wildman–Crippen LogP) is 3.90. The average molecular weight is 294 g/mol. The van der Waals surface area contributed by atoms with Gasteiger partial charge in [-0.15, -0.1) is 0 Å². The number of aromatic nitrogens is 1. The fourth-order valence-electron chi connectivity index (χ4n) is 2.20. The van der Waals surface area contributed by atoms with Crippen LogP contribution in [0.1, 0.15) is 36.1 Å². The fourth-order valence-corrected chi connectivity index (χ4v) is 2.20. The molecule has 21 heavy (non-hydrogen) atoms. The first-order valence-corrected chi connectivity index (χ1v) is 6.83. The molecule has 0 amide bonds. The second-order valence-corrected chi connectivity index (χ2v) is 4.91. The van der Waals surface area contributed by atoms with Crippen molar-refractivity contribution in [2.24, 2.45) is 0 Å². The van der Waals surface area contributed by atoms with E-state index in [1.807, 2.05) is 6.92 Å². The minimum absolute atomic E-state index is 0.229. The number of hydrogen-bond acceptors (Lipinski definition) is 2. The molecule has 0 fully saturated rings. The molecule has 2 nitrogen and oxygen atoms in total. The molecule has 0 aliphatic rings. The number of pyridine rings is 1. The van der Waals surface area contributed by atoms with E-state index in [0.29, 0.717) is 17.7 Å². The van der Waals surface area contributed by atoms with Gasteiger partial charge in [0.2, 0.25) is 0 Å². The summed E-state index contributed by atoms with van der Waals surface area (Å²) < 4.78 is 41.5. The summed E-state index contributed by atoms with van der Waals surface area (Å²) in [5.74, 6) is -1.82. The molecule has 0 radical (unpaired) electrons. The largest absolute Gasteiger partial charge is 0.306 e. The van der Waals surface area contributed by atoms with E-state index >= 15 is 0 Å². The molecule has 1 atom stereocenters. The second-order valence-electron chi connectivity index (χ2n) is 4.91. The van der Waals surface area contributed by atoms with E-state index in [1.165, 1.54) is 18.3 Å². The van der Waals surface area contributed by atoms with Crippen LogP contribution in [0.5, 0.6) is 0 Å². The third-order valence-electron chi connectivity index (χ3n) is 3.30. The number of rotatable bonds is 5. The van der Waals surface area contributed by atoms with Crippen molar-refractivity contribution in [1.82, 2.24) is 10.3 Å². The molecule has 0 bridgehead atoms. The second kappa shape index (κ2) is 6.72. The Morgan fingerprint density at radius 2 is 1.86 bits per heavy atom. The van der Waals surface area contributed by atoms with Crippen molar-refractivity contribution in [3.8, 4) is 0 Å². The van der Waals surface area contributed by atoms with Crippen molar-refractivity contribution >= 4 is 0 Å². The molecular formula is C16H17F3N2. The van der Waals surface area contributed by atoms with Crippen LogP contribution in [0.25, 0.3) is 0 Å². The Hall–Kier alpha value is -1.88. The highest BCUT2D eigenvalue weighted by atomic mass is 19.1. The van der Waals surface area contributed by atoms with E-state index in [9.17, 15) is 13.2 Å². The lowest BCUT2D eigenvalue weighted by atomic mass is 9.96. The molecule has 0 saturated heterocycles. The number of nitrogens with zero attached hydrogens (tertiary/aromatic N) is 1. The Kier molecular flexibility index (Phi) is 4.96. The van der Waals surface area contributed by atoms with Crippen molar-refractivity contribution in [1.29, 1.82) is 0 Å². The van der Waals surface area contributed by atoms with Crippen LogP contribution in [0, 0.1) is 24.4 Å². The number of nitrogens with one attached hydrogen (secondary N) is 1.